The van der Waals surface area contributed by atoms with Crippen molar-refractivity contribution in [2.75, 3.05) is 6.61 Å². The van der Waals surface area contributed by atoms with Crippen LogP contribution in [0.2, 0.25) is 0 Å². The number of esters is 1. The molecule has 3 rings (SSSR count). The minimum absolute atomic E-state index is 0.180. The van der Waals surface area contributed by atoms with Crippen molar-refractivity contribution >= 4 is 5.97 Å². The van der Waals surface area contributed by atoms with Crippen molar-refractivity contribution in [3.05, 3.63) is 34.9 Å². The summed E-state index contributed by atoms with van der Waals surface area (Å²) in [5, 5.41) is 3.27. The standard InChI is InChI=1S/C14H17NO2/c16-14(17-6-5-10-1-2-10)11-3-4-12-8-15-9-13(12)7-11/h3-4,7,10,15H,1-2,5-6,8-9H2. The highest BCUT2D eigenvalue weighted by atomic mass is 16.5. The van der Waals surface area contributed by atoms with E-state index < -0.39 is 0 Å². The normalized spacial score (nSPS) is 17.9. The first kappa shape index (κ1) is 10.8. The van der Waals surface area contributed by atoms with Gasteiger partial charge in [0.25, 0.3) is 0 Å². The van der Waals surface area contributed by atoms with E-state index in [0.717, 1.165) is 25.4 Å². The molecule has 1 heterocycles. The number of benzene rings is 1. The van der Waals surface area contributed by atoms with Gasteiger partial charge in [0.1, 0.15) is 0 Å². The molecule has 0 spiro atoms. The van der Waals surface area contributed by atoms with Gasteiger partial charge < -0.3 is 10.1 Å². The first-order valence-electron chi connectivity index (χ1n) is 6.32. The van der Waals surface area contributed by atoms with Crippen molar-refractivity contribution < 1.29 is 9.53 Å². The molecule has 0 radical (unpaired) electrons. The van der Waals surface area contributed by atoms with Crippen molar-refractivity contribution in [3.63, 3.8) is 0 Å². The Hall–Kier alpha value is -1.35. The molecule has 1 N–H and O–H groups in total. The topological polar surface area (TPSA) is 38.3 Å². The van der Waals surface area contributed by atoms with Crippen LogP contribution < -0.4 is 5.32 Å². The van der Waals surface area contributed by atoms with Gasteiger partial charge in [-0.3, -0.25) is 0 Å². The largest absolute Gasteiger partial charge is 0.462 e. The van der Waals surface area contributed by atoms with Crippen LogP contribution in [0, 0.1) is 5.92 Å². The van der Waals surface area contributed by atoms with E-state index in [1.807, 2.05) is 18.2 Å². The van der Waals surface area contributed by atoms with Gasteiger partial charge in [0.05, 0.1) is 12.2 Å². The molecule has 0 aromatic heterocycles. The van der Waals surface area contributed by atoms with Crippen molar-refractivity contribution in [3.8, 4) is 0 Å². The molecule has 2 aliphatic rings. The molecule has 1 aromatic carbocycles. The predicted octanol–water partition coefficient (Wildman–Crippen LogP) is 2.25. The summed E-state index contributed by atoms with van der Waals surface area (Å²) in [5.41, 5.74) is 3.20. The lowest BCUT2D eigenvalue weighted by molar-refractivity contribution is 0.0495. The molecule has 1 saturated carbocycles. The van der Waals surface area contributed by atoms with E-state index in [9.17, 15) is 4.79 Å². The van der Waals surface area contributed by atoms with Crippen molar-refractivity contribution in [1.29, 1.82) is 0 Å². The van der Waals surface area contributed by atoms with Gasteiger partial charge in [-0.2, -0.15) is 0 Å². The highest BCUT2D eigenvalue weighted by Gasteiger charge is 2.21. The van der Waals surface area contributed by atoms with Crippen molar-refractivity contribution in [2.45, 2.75) is 32.4 Å². The number of hydrogen-bond acceptors (Lipinski definition) is 3. The zero-order valence-electron chi connectivity index (χ0n) is 9.87. The molecular weight excluding hydrogens is 214 g/mol. The zero-order valence-corrected chi connectivity index (χ0v) is 9.87. The van der Waals surface area contributed by atoms with E-state index >= 15 is 0 Å². The van der Waals surface area contributed by atoms with Crippen LogP contribution in [0.3, 0.4) is 0 Å². The van der Waals surface area contributed by atoms with E-state index in [1.54, 1.807) is 0 Å². The fraction of sp³-hybridized carbons (Fsp3) is 0.500. The molecular formula is C14H17NO2. The van der Waals surface area contributed by atoms with Crippen LogP contribution in [-0.4, -0.2) is 12.6 Å². The number of rotatable bonds is 4. The first-order chi connectivity index (χ1) is 8.33. The number of carbonyl (C=O) groups is 1. The first-order valence-corrected chi connectivity index (χ1v) is 6.32. The molecule has 90 valence electrons. The molecule has 0 atom stereocenters. The minimum atomic E-state index is -0.180. The fourth-order valence-corrected chi connectivity index (χ4v) is 2.23. The summed E-state index contributed by atoms with van der Waals surface area (Å²) in [7, 11) is 0. The Morgan fingerprint density at radius 3 is 2.94 bits per heavy atom. The monoisotopic (exact) mass is 231 g/mol. The second kappa shape index (κ2) is 4.49. The number of ether oxygens (including phenoxy) is 1. The lowest BCUT2D eigenvalue weighted by Gasteiger charge is -2.05. The summed E-state index contributed by atoms with van der Waals surface area (Å²) in [4.78, 5) is 11.8. The smallest absolute Gasteiger partial charge is 0.338 e. The summed E-state index contributed by atoms with van der Waals surface area (Å²) in [5.74, 6) is 0.632. The van der Waals surface area contributed by atoms with Crippen LogP contribution in [0.15, 0.2) is 18.2 Å². The quantitative estimate of drug-likeness (QED) is 0.808. The average Bonchev–Trinajstić information content (AvgIpc) is 3.04. The Bertz CT molecular complexity index is 438. The molecule has 17 heavy (non-hydrogen) atoms. The zero-order chi connectivity index (χ0) is 11.7. The maximum Gasteiger partial charge on any atom is 0.338 e. The van der Waals surface area contributed by atoms with Crippen LogP contribution in [0.1, 0.15) is 40.7 Å². The number of hydrogen-bond donors (Lipinski definition) is 1. The molecule has 1 aliphatic heterocycles. The van der Waals surface area contributed by atoms with Crippen LogP contribution in [0.4, 0.5) is 0 Å². The molecule has 0 amide bonds. The van der Waals surface area contributed by atoms with Crippen LogP contribution in [0.25, 0.3) is 0 Å². The highest BCUT2D eigenvalue weighted by Crippen LogP contribution is 2.32. The maximum absolute atomic E-state index is 11.8. The van der Waals surface area contributed by atoms with E-state index in [-0.39, 0.29) is 5.97 Å². The number of carbonyl (C=O) groups excluding carboxylic acids is 1. The summed E-state index contributed by atoms with van der Waals surface area (Å²) in [6, 6.07) is 5.84. The molecule has 0 bridgehead atoms. The van der Waals surface area contributed by atoms with Gasteiger partial charge in [-0.25, -0.2) is 4.79 Å². The van der Waals surface area contributed by atoms with Gasteiger partial charge in [-0.05, 0) is 35.6 Å². The Morgan fingerprint density at radius 1 is 1.29 bits per heavy atom. The molecule has 1 aromatic rings. The summed E-state index contributed by atoms with van der Waals surface area (Å²) >= 11 is 0. The van der Waals surface area contributed by atoms with Gasteiger partial charge in [-0.1, -0.05) is 18.9 Å². The van der Waals surface area contributed by atoms with E-state index in [2.05, 4.69) is 5.32 Å². The van der Waals surface area contributed by atoms with E-state index in [0.29, 0.717) is 12.2 Å². The molecule has 1 fully saturated rings. The Morgan fingerprint density at radius 2 is 2.12 bits per heavy atom. The average molecular weight is 231 g/mol. The van der Waals surface area contributed by atoms with Crippen LogP contribution in [-0.2, 0) is 17.8 Å². The number of nitrogens with one attached hydrogen (secondary N) is 1. The molecule has 3 heteroatoms. The Labute approximate surface area is 101 Å². The Kier molecular flexibility index (Phi) is 2.85. The third-order valence-corrected chi connectivity index (χ3v) is 3.53. The summed E-state index contributed by atoms with van der Waals surface area (Å²) < 4.78 is 5.28. The maximum atomic E-state index is 11.8. The van der Waals surface area contributed by atoms with Crippen LogP contribution in [0.5, 0.6) is 0 Å². The lowest BCUT2D eigenvalue weighted by atomic mass is 10.1. The Balaban J connectivity index is 1.60. The van der Waals surface area contributed by atoms with E-state index in [4.69, 9.17) is 4.74 Å². The van der Waals surface area contributed by atoms with Gasteiger partial charge in [0.15, 0.2) is 0 Å². The third-order valence-electron chi connectivity index (χ3n) is 3.53. The second-order valence-electron chi connectivity index (χ2n) is 4.96. The minimum Gasteiger partial charge on any atom is -0.462 e. The van der Waals surface area contributed by atoms with Gasteiger partial charge in [0, 0.05) is 13.1 Å². The molecule has 1 aliphatic carbocycles. The third kappa shape index (κ3) is 2.50. The SMILES string of the molecule is O=C(OCCC1CC1)c1ccc2c(c1)CNC2. The van der Waals surface area contributed by atoms with Gasteiger partial charge in [-0.15, -0.1) is 0 Å². The molecule has 3 nitrogen and oxygen atoms in total. The fourth-order valence-electron chi connectivity index (χ4n) is 2.23. The predicted molar refractivity (Wildman–Crippen MR) is 64.6 cm³/mol. The molecule has 0 saturated heterocycles. The highest BCUT2D eigenvalue weighted by molar-refractivity contribution is 5.89. The summed E-state index contributed by atoms with van der Waals surface area (Å²) in [6.45, 7) is 2.34. The van der Waals surface area contributed by atoms with E-state index in [1.165, 1.54) is 24.0 Å². The van der Waals surface area contributed by atoms with Crippen molar-refractivity contribution in [1.82, 2.24) is 5.32 Å². The van der Waals surface area contributed by atoms with Crippen LogP contribution >= 0.6 is 0 Å². The summed E-state index contributed by atoms with van der Waals surface area (Å²) in [6.07, 6.45) is 3.64. The number of fused-ring (bicyclic) bond motifs is 1. The molecule has 0 unspecified atom stereocenters. The second-order valence-corrected chi connectivity index (χ2v) is 4.96. The lowest BCUT2D eigenvalue weighted by Crippen LogP contribution is -2.07. The van der Waals surface area contributed by atoms with Gasteiger partial charge in [0.2, 0.25) is 0 Å². The van der Waals surface area contributed by atoms with Gasteiger partial charge >= 0.3 is 5.97 Å². The van der Waals surface area contributed by atoms with Crippen molar-refractivity contribution in [2.24, 2.45) is 5.92 Å².